The molecular formula is C20H30F2. The van der Waals surface area contributed by atoms with E-state index in [1.807, 2.05) is 6.08 Å². The predicted molar refractivity (Wildman–Crippen MR) is 93.9 cm³/mol. The summed E-state index contributed by atoms with van der Waals surface area (Å²) in [5.74, 6) is -0.687. The lowest BCUT2D eigenvalue weighted by Crippen LogP contribution is -1.99. The minimum atomic E-state index is -0.930. The fourth-order valence-electron chi connectivity index (χ4n) is 1.83. The maximum Gasteiger partial charge on any atom is 0.165 e. The van der Waals surface area contributed by atoms with Crippen LogP contribution in [0.25, 0.3) is 0 Å². The molecule has 0 radical (unpaired) electrons. The lowest BCUT2D eigenvalue weighted by atomic mass is 9.93. The quantitative estimate of drug-likeness (QED) is 0.415. The zero-order valence-electron chi connectivity index (χ0n) is 14.9. The molecule has 0 heterocycles. The molecule has 0 amide bonds. The van der Waals surface area contributed by atoms with Crippen LogP contribution in [0.4, 0.5) is 8.78 Å². The van der Waals surface area contributed by atoms with E-state index in [0.717, 1.165) is 6.42 Å². The van der Waals surface area contributed by atoms with Gasteiger partial charge in [-0.15, -0.1) is 0 Å². The van der Waals surface area contributed by atoms with Gasteiger partial charge in [-0.2, -0.15) is 0 Å². The molecule has 0 saturated carbocycles. The number of allylic oxidation sites excluding steroid dienone is 8. The number of rotatable bonds is 8. The molecular weight excluding hydrogens is 278 g/mol. The van der Waals surface area contributed by atoms with E-state index in [4.69, 9.17) is 0 Å². The molecule has 2 heteroatoms. The second-order valence-corrected chi connectivity index (χ2v) is 6.52. The van der Waals surface area contributed by atoms with E-state index < -0.39 is 11.7 Å². The van der Waals surface area contributed by atoms with Crippen LogP contribution < -0.4 is 0 Å². The summed E-state index contributed by atoms with van der Waals surface area (Å²) in [7, 11) is 0. The van der Waals surface area contributed by atoms with Crippen molar-refractivity contribution in [2.45, 2.75) is 54.4 Å². The Labute approximate surface area is 135 Å². The highest BCUT2D eigenvalue weighted by Crippen LogP contribution is 2.26. The first-order valence-corrected chi connectivity index (χ1v) is 7.83. The fourth-order valence-corrected chi connectivity index (χ4v) is 1.83. The zero-order chi connectivity index (χ0) is 17.4. The SMILES string of the molecule is C=C(C)/C(F)=C(/F)C(=C)/C(C)=C/C=C(\C)C(C)CCC(C)C. The molecule has 1 atom stereocenters. The van der Waals surface area contributed by atoms with Crippen molar-refractivity contribution in [1.29, 1.82) is 0 Å². The highest BCUT2D eigenvalue weighted by atomic mass is 19.2. The van der Waals surface area contributed by atoms with Crippen molar-refractivity contribution in [3.05, 3.63) is 59.3 Å². The van der Waals surface area contributed by atoms with Gasteiger partial charge in [-0.05, 0) is 50.2 Å². The normalized spacial score (nSPS) is 15.7. The van der Waals surface area contributed by atoms with Crippen LogP contribution in [-0.2, 0) is 0 Å². The van der Waals surface area contributed by atoms with Gasteiger partial charge >= 0.3 is 0 Å². The molecule has 0 saturated heterocycles. The van der Waals surface area contributed by atoms with Crippen molar-refractivity contribution >= 4 is 0 Å². The smallest absolute Gasteiger partial charge is 0.165 e. The summed E-state index contributed by atoms with van der Waals surface area (Å²) in [6.45, 7) is 18.9. The number of halogens is 2. The first-order chi connectivity index (χ1) is 10.1. The Kier molecular flexibility index (Phi) is 8.93. The highest BCUT2D eigenvalue weighted by molar-refractivity contribution is 5.46. The van der Waals surface area contributed by atoms with Crippen molar-refractivity contribution in [2.24, 2.45) is 11.8 Å². The van der Waals surface area contributed by atoms with Crippen molar-refractivity contribution in [3.8, 4) is 0 Å². The van der Waals surface area contributed by atoms with E-state index in [2.05, 4.69) is 40.9 Å². The maximum atomic E-state index is 13.9. The molecule has 0 aliphatic heterocycles. The van der Waals surface area contributed by atoms with Gasteiger partial charge in [0.05, 0.1) is 0 Å². The molecule has 0 aromatic rings. The third-order valence-corrected chi connectivity index (χ3v) is 3.86. The van der Waals surface area contributed by atoms with E-state index >= 15 is 0 Å². The molecule has 0 bridgehead atoms. The maximum absolute atomic E-state index is 13.9. The number of hydrogen-bond donors (Lipinski definition) is 0. The van der Waals surface area contributed by atoms with Crippen molar-refractivity contribution in [1.82, 2.24) is 0 Å². The molecule has 0 aliphatic rings. The van der Waals surface area contributed by atoms with Crippen LogP contribution in [0, 0.1) is 11.8 Å². The minimum Gasteiger partial charge on any atom is -0.203 e. The Balaban J connectivity index is 4.99. The van der Waals surface area contributed by atoms with Crippen molar-refractivity contribution in [3.63, 3.8) is 0 Å². The Bertz CT molecular complexity index is 502. The largest absolute Gasteiger partial charge is 0.203 e. The zero-order valence-corrected chi connectivity index (χ0v) is 14.9. The van der Waals surface area contributed by atoms with Crippen molar-refractivity contribution < 1.29 is 8.78 Å². The first kappa shape index (κ1) is 20.6. The Morgan fingerprint density at radius 3 is 1.91 bits per heavy atom. The van der Waals surface area contributed by atoms with Gasteiger partial charge in [0.2, 0.25) is 0 Å². The summed E-state index contributed by atoms with van der Waals surface area (Å²) in [6.07, 6.45) is 6.08. The van der Waals surface area contributed by atoms with Crippen molar-refractivity contribution in [2.75, 3.05) is 0 Å². The van der Waals surface area contributed by atoms with E-state index in [-0.39, 0.29) is 11.1 Å². The van der Waals surface area contributed by atoms with Crippen LogP contribution in [0.2, 0.25) is 0 Å². The summed E-state index contributed by atoms with van der Waals surface area (Å²) in [6, 6.07) is 0. The van der Waals surface area contributed by atoms with Crippen LogP contribution in [-0.4, -0.2) is 0 Å². The first-order valence-electron chi connectivity index (χ1n) is 7.83. The molecule has 1 unspecified atom stereocenters. The average Bonchev–Trinajstić information content (AvgIpc) is 2.46. The molecule has 0 fully saturated rings. The van der Waals surface area contributed by atoms with Crippen LogP contribution in [0.3, 0.4) is 0 Å². The van der Waals surface area contributed by atoms with E-state index in [1.165, 1.54) is 18.9 Å². The predicted octanol–water partition coefficient (Wildman–Crippen LogP) is 7.23. The number of hydrogen-bond acceptors (Lipinski definition) is 0. The molecule has 22 heavy (non-hydrogen) atoms. The molecule has 0 N–H and O–H groups in total. The second kappa shape index (κ2) is 9.55. The molecule has 0 aliphatic carbocycles. The standard InChI is InChI=1S/C20H30F2/c1-13(2)9-10-15(5)16(6)11-12-17(7)18(8)20(22)19(21)14(3)4/h11-13,15H,3,8-10H2,1-2,4-7H3/b16-11+,17-12+,20-19-. The van der Waals surface area contributed by atoms with Crippen LogP contribution in [0.1, 0.15) is 54.4 Å². The molecule has 124 valence electrons. The van der Waals surface area contributed by atoms with Gasteiger partial charge in [0, 0.05) is 5.57 Å². The van der Waals surface area contributed by atoms with Crippen LogP contribution >= 0.6 is 0 Å². The van der Waals surface area contributed by atoms with Crippen LogP contribution in [0.5, 0.6) is 0 Å². The topological polar surface area (TPSA) is 0 Å². The van der Waals surface area contributed by atoms with Gasteiger partial charge in [0.1, 0.15) is 0 Å². The van der Waals surface area contributed by atoms with Gasteiger partial charge < -0.3 is 0 Å². The molecule has 0 rings (SSSR count). The molecule has 0 spiro atoms. The average molecular weight is 308 g/mol. The lowest BCUT2D eigenvalue weighted by Gasteiger charge is -2.13. The van der Waals surface area contributed by atoms with E-state index in [1.54, 1.807) is 13.0 Å². The second-order valence-electron chi connectivity index (χ2n) is 6.52. The van der Waals surface area contributed by atoms with Gasteiger partial charge in [-0.3, -0.25) is 0 Å². The monoisotopic (exact) mass is 308 g/mol. The van der Waals surface area contributed by atoms with Gasteiger partial charge in [0.15, 0.2) is 11.7 Å². The van der Waals surface area contributed by atoms with Gasteiger partial charge in [-0.1, -0.05) is 58.1 Å². The summed E-state index contributed by atoms with van der Waals surface area (Å²) in [5.41, 5.74) is 1.99. The highest BCUT2D eigenvalue weighted by Gasteiger charge is 2.12. The van der Waals surface area contributed by atoms with E-state index in [9.17, 15) is 8.78 Å². The Hall–Kier alpha value is -1.44. The third kappa shape index (κ3) is 7.02. The molecule has 0 nitrogen and oxygen atoms in total. The van der Waals surface area contributed by atoms with Gasteiger partial charge in [0.25, 0.3) is 0 Å². The third-order valence-electron chi connectivity index (χ3n) is 3.86. The van der Waals surface area contributed by atoms with Gasteiger partial charge in [-0.25, -0.2) is 8.78 Å². The van der Waals surface area contributed by atoms with E-state index in [0.29, 0.717) is 17.4 Å². The molecule has 0 aromatic carbocycles. The minimum absolute atomic E-state index is 0.0689. The summed E-state index contributed by atoms with van der Waals surface area (Å²) in [5, 5.41) is 0. The molecule has 0 aromatic heterocycles. The Morgan fingerprint density at radius 1 is 0.909 bits per heavy atom. The lowest BCUT2D eigenvalue weighted by molar-refractivity contribution is 0.489. The summed E-state index contributed by atoms with van der Waals surface area (Å²) < 4.78 is 27.4. The fraction of sp³-hybridized carbons (Fsp3) is 0.500. The summed E-state index contributed by atoms with van der Waals surface area (Å²) in [4.78, 5) is 0. The summed E-state index contributed by atoms with van der Waals surface area (Å²) >= 11 is 0. The Morgan fingerprint density at radius 2 is 1.45 bits per heavy atom. The van der Waals surface area contributed by atoms with Crippen LogP contribution in [0.15, 0.2) is 59.3 Å².